The van der Waals surface area contributed by atoms with E-state index in [9.17, 15) is 0 Å². The van der Waals surface area contributed by atoms with Crippen molar-refractivity contribution >= 4 is 0 Å². The van der Waals surface area contributed by atoms with E-state index in [0.29, 0.717) is 0 Å². The highest BCUT2D eigenvalue weighted by Gasteiger charge is 2.11. The Morgan fingerprint density at radius 2 is 2.58 bits per heavy atom. The molecule has 1 heterocycles. The zero-order chi connectivity index (χ0) is 8.81. The van der Waals surface area contributed by atoms with Crippen LogP contribution in [-0.2, 0) is 4.74 Å². The van der Waals surface area contributed by atoms with E-state index in [4.69, 9.17) is 9.84 Å². The van der Waals surface area contributed by atoms with E-state index in [0.717, 1.165) is 19.4 Å². The van der Waals surface area contributed by atoms with Crippen molar-refractivity contribution in [1.82, 2.24) is 5.32 Å². The van der Waals surface area contributed by atoms with Crippen molar-refractivity contribution < 1.29 is 9.84 Å². The van der Waals surface area contributed by atoms with E-state index in [2.05, 4.69) is 5.32 Å². The molecule has 0 aromatic heterocycles. The largest absolute Gasteiger partial charge is 0.497 e. The van der Waals surface area contributed by atoms with Crippen molar-refractivity contribution in [2.75, 3.05) is 13.2 Å². The molecule has 3 nitrogen and oxygen atoms in total. The second-order valence-corrected chi connectivity index (χ2v) is 3.20. The molecule has 0 saturated carbocycles. The molecule has 12 heavy (non-hydrogen) atoms. The average molecular weight is 171 g/mol. The van der Waals surface area contributed by atoms with E-state index in [-0.39, 0.29) is 18.8 Å². The van der Waals surface area contributed by atoms with Gasteiger partial charge in [-0.25, -0.2) is 0 Å². The summed E-state index contributed by atoms with van der Waals surface area (Å²) >= 11 is 0. The molecule has 1 rings (SSSR count). The summed E-state index contributed by atoms with van der Waals surface area (Å²) in [6, 6.07) is 0.166. The molecular weight excluding hydrogens is 154 g/mol. The number of aliphatic hydroxyl groups is 1. The third-order valence-corrected chi connectivity index (χ3v) is 1.99. The number of aliphatic hydroxyl groups excluding tert-OH is 1. The van der Waals surface area contributed by atoms with E-state index in [1.807, 2.05) is 13.0 Å². The van der Waals surface area contributed by atoms with Crippen LogP contribution in [0.5, 0.6) is 0 Å². The summed E-state index contributed by atoms with van der Waals surface area (Å²) in [6.07, 6.45) is 6.25. The summed E-state index contributed by atoms with van der Waals surface area (Å²) < 4.78 is 5.35. The zero-order valence-electron chi connectivity index (χ0n) is 7.49. The summed E-state index contributed by atoms with van der Waals surface area (Å²) in [5, 5.41) is 11.9. The van der Waals surface area contributed by atoms with Crippen LogP contribution in [0.4, 0.5) is 0 Å². The van der Waals surface area contributed by atoms with Crippen LogP contribution in [0.15, 0.2) is 12.3 Å². The van der Waals surface area contributed by atoms with Crippen LogP contribution in [0.2, 0.25) is 0 Å². The van der Waals surface area contributed by atoms with Crippen molar-refractivity contribution in [2.45, 2.75) is 31.9 Å². The first-order chi connectivity index (χ1) is 5.83. The average Bonchev–Trinajstić information content (AvgIpc) is 2.16. The Hall–Kier alpha value is -0.540. The maximum atomic E-state index is 8.75. The molecule has 3 heteroatoms. The number of hydrogen-bond acceptors (Lipinski definition) is 3. The summed E-state index contributed by atoms with van der Waals surface area (Å²) in [6.45, 7) is 2.97. The molecule has 0 aliphatic carbocycles. The lowest BCUT2D eigenvalue weighted by Crippen LogP contribution is -2.36. The summed E-state index contributed by atoms with van der Waals surface area (Å²) in [5.74, 6) is 0. The summed E-state index contributed by atoms with van der Waals surface area (Å²) in [5.41, 5.74) is 0. The summed E-state index contributed by atoms with van der Waals surface area (Å²) in [4.78, 5) is 0. The molecule has 0 saturated heterocycles. The predicted molar refractivity (Wildman–Crippen MR) is 47.8 cm³/mol. The molecule has 70 valence electrons. The lowest BCUT2D eigenvalue weighted by atomic mass is 10.1. The first-order valence-corrected chi connectivity index (χ1v) is 4.47. The number of nitrogens with one attached hydrogen (secondary N) is 1. The minimum Gasteiger partial charge on any atom is -0.497 e. The Kier molecular flexibility index (Phi) is 4.11. The number of ether oxygens (including phenoxy) is 1. The van der Waals surface area contributed by atoms with E-state index in [1.165, 1.54) is 0 Å². The fraction of sp³-hybridized carbons (Fsp3) is 0.778. The zero-order valence-corrected chi connectivity index (χ0v) is 7.49. The molecule has 2 unspecified atom stereocenters. The molecule has 0 fully saturated rings. The Labute approximate surface area is 73.4 Å². The van der Waals surface area contributed by atoms with Crippen LogP contribution in [-0.4, -0.2) is 30.4 Å². The van der Waals surface area contributed by atoms with Crippen LogP contribution in [0.3, 0.4) is 0 Å². The third kappa shape index (κ3) is 3.24. The highest BCUT2D eigenvalue weighted by atomic mass is 16.5. The Balaban J connectivity index is 2.10. The molecule has 2 atom stereocenters. The van der Waals surface area contributed by atoms with Crippen LogP contribution in [0.1, 0.15) is 19.8 Å². The van der Waals surface area contributed by atoms with Gasteiger partial charge >= 0.3 is 0 Å². The van der Waals surface area contributed by atoms with Crippen molar-refractivity contribution in [3.63, 3.8) is 0 Å². The monoisotopic (exact) mass is 171 g/mol. The van der Waals surface area contributed by atoms with Crippen molar-refractivity contribution in [1.29, 1.82) is 0 Å². The van der Waals surface area contributed by atoms with Gasteiger partial charge < -0.3 is 15.2 Å². The maximum Gasteiger partial charge on any atom is 0.110 e. The molecule has 1 aliphatic heterocycles. The van der Waals surface area contributed by atoms with Crippen LogP contribution in [0, 0.1) is 0 Å². The lowest BCUT2D eigenvalue weighted by Gasteiger charge is -2.21. The van der Waals surface area contributed by atoms with Crippen molar-refractivity contribution in [3.8, 4) is 0 Å². The second kappa shape index (κ2) is 5.17. The third-order valence-electron chi connectivity index (χ3n) is 1.99. The van der Waals surface area contributed by atoms with Gasteiger partial charge in [0.1, 0.15) is 6.10 Å². The van der Waals surface area contributed by atoms with Crippen LogP contribution in [0.25, 0.3) is 0 Å². The van der Waals surface area contributed by atoms with Gasteiger partial charge in [-0.3, -0.25) is 0 Å². The second-order valence-electron chi connectivity index (χ2n) is 3.20. The predicted octanol–water partition coefficient (Wildman–Crippen LogP) is 0.649. The van der Waals surface area contributed by atoms with E-state index in [1.54, 1.807) is 6.26 Å². The van der Waals surface area contributed by atoms with Gasteiger partial charge in [0.15, 0.2) is 0 Å². The van der Waals surface area contributed by atoms with Crippen LogP contribution >= 0.6 is 0 Å². The number of hydrogen-bond donors (Lipinski definition) is 2. The number of allylic oxidation sites excluding steroid dienone is 1. The molecule has 0 spiro atoms. The molecule has 1 aliphatic rings. The van der Waals surface area contributed by atoms with Gasteiger partial charge in [0, 0.05) is 12.6 Å². The van der Waals surface area contributed by atoms with Gasteiger partial charge in [0.2, 0.25) is 0 Å². The molecule has 2 N–H and O–H groups in total. The SMILES string of the molecule is CC(CO)NCC1CCC=CO1. The number of rotatable bonds is 4. The molecule has 0 bridgehead atoms. The quantitative estimate of drug-likeness (QED) is 0.652. The van der Waals surface area contributed by atoms with Crippen molar-refractivity contribution in [2.24, 2.45) is 0 Å². The van der Waals surface area contributed by atoms with Gasteiger partial charge in [-0.1, -0.05) is 0 Å². The highest BCUT2D eigenvalue weighted by Crippen LogP contribution is 2.08. The minimum absolute atomic E-state index is 0.166. The van der Waals surface area contributed by atoms with Gasteiger partial charge in [-0.05, 0) is 25.8 Å². The van der Waals surface area contributed by atoms with Gasteiger partial charge in [-0.15, -0.1) is 0 Å². The molecular formula is C9H17NO2. The first-order valence-electron chi connectivity index (χ1n) is 4.47. The fourth-order valence-electron chi connectivity index (χ4n) is 1.13. The molecule has 0 radical (unpaired) electrons. The highest BCUT2D eigenvalue weighted by molar-refractivity contribution is 4.83. The molecule has 0 aromatic carbocycles. The Morgan fingerprint density at radius 1 is 1.75 bits per heavy atom. The fourth-order valence-corrected chi connectivity index (χ4v) is 1.13. The topological polar surface area (TPSA) is 41.5 Å². The van der Waals surface area contributed by atoms with E-state index < -0.39 is 0 Å². The van der Waals surface area contributed by atoms with Gasteiger partial charge in [-0.2, -0.15) is 0 Å². The Morgan fingerprint density at radius 3 is 3.17 bits per heavy atom. The smallest absolute Gasteiger partial charge is 0.110 e. The Bertz CT molecular complexity index is 147. The molecule has 0 aromatic rings. The van der Waals surface area contributed by atoms with Crippen LogP contribution < -0.4 is 5.32 Å². The van der Waals surface area contributed by atoms with Crippen molar-refractivity contribution in [3.05, 3.63) is 12.3 Å². The lowest BCUT2D eigenvalue weighted by molar-refractivity contribution is 0.115. The maximum absolute atomic E-state index is 8.75. The first kappa shape index (κ1) is 9.55. The van der Waals surface area contributed by atoms with E-state index >= 15 is 0 Å². The summed E-state index contributed by atoms with van der Waals surface area (Å²) in [7, 11) is 0. The van der Waals surface area contributed by atoms with Gasteiger partial charge in [0.05, 0.1) is 12.9 Å². The normalized spacial score (nSPS) is 25.0. The molecule has 0 amide bonds. The van der Waals surface area contributed by atoms with Gasteiger partial charge in [0.25, 0.3) is 0 Å². The minimum atomic E-state index is 0.166. The standard InChI is InChI=1S/C9H17NO2/c1-8(7-11)10-6-9-4-2-3-5-12-9/h3,5,8-11H,2,4,6-7H2,1H3.